The molecule has 0 spiro atoms. The van der Waals surface area contributed by atoms with Crippen LogP contribution in [-0.4, -0.2) is 10.8 Å². The van der Waals surface area contributed by atoms with Gasteiger partial charge in [0.25, 0.3) is 0 Å². The monoisotopic (exact) mass is 245 g/mol. The van der Waals surface area contributed by atoms with Crippen molar-refractivity contribution in [2.75, 3.05) is 0 Å². The summed E-state index contributed by atoms with van der Waals surface area (Å²) in [4.78, 5) is 0. The third-order valence-corrected chi connectivity index (χ3v) is 2.88. The summed E-state index contributed by atoms with van der Waals surface area (Å²) >= 11 is 4.73. The van der Waals surface area contributed by atoms with E-state index in [2.05, 4.69) is 34.8 Å². The molecule has 2 rings (SSSR count). The standard InChI is InChI=1S/C13H15N3S/c1-9(15-16-13(14)17)11-8-4-6-10-5-2-3-7-12(10)11/h2-3,5,7-8H,4,6H2,1H3,(H3,14,16,17)/b15-9-. The number of aryl methyl sites for hydroxylation is 1. The number of thiocarbonyl (C=S) groups is 1. The normalized spacial score (nSPS) is 14.9. The summed E-state index contributed by atoms with van der Waals surface area (Å²) in [6, 6.07) is 8.41. The van der Waals surface area contributed by atoms with E-state index in [1.54, 1.807) is 0 Å². The average Bonchev–Trinajstić information content (AvgIpc) is 2.35. The average molecular weight is 245 g/mol. The molecule has 0 unspecified atom stereocenters. The highest BCUT2D eigenvalue weighted by Gasteiger charge is 2.13. The second-order valence-electron chi connectivity index (χ2n) is 3.99. The number of nitrogens with zero attached hydrogens (tertiary/aromatic N) is 1. The highest BCUT2D eigenvalue weighted by atomic mass is 32.1. The summed E-state index contributed by atoms with van der Waals surface area (Å²) in [6.45, 7) is 1.96. The van der Waals surface area contributed by atoms with Crippen LogP contribution >= 0.6 is 12.2 Å². The van der Waals surface area contributed by atoms with Gasteiger partial charge in [-0.05, 0) is 43.1 Å². The fourth-order valence-electron chi connectivity index (χ4n) is 2.02. The number of rotatable bonds is 2. The van der Waals surface area contributed by atoms with E-state index in [0.717, 1.165) is 24.1 Å². The van der Waals surface area contributed by atoms with Crippen LogP contribution < -0.4 is 11.2 Å². The van der Waals surface area contributed by atoms with Gasteiger partial charge in [0, 0.05) is 5.57 Å². The predicted octanol–water partition coefficient (Wildman–Crippen LogP) is 2.23. The first-order valence-corrected chi connectivity index (χ1v) is 5.98. The summed E-state index contributed by atoms with van der Waals surface area (Å²) in [5, 5.41) is 4.37. The van der Waals surface area contributed by atoms with Gasteiger partial charge in [-0.2, -0.15) is 5.10 Å². The highest BCUT2D eigenvalue weighted by Crippen LogP contribution is 2.26. The SMILES string of the molecule is C/C(=N/NC(N)=S)C1=CCCc2ccccc21. The molecule has 0 aromatic heterocycles. The summed E-state index contributed by atoms with van der Waals surface area (Å²) < 4.78 is 0. The number of nitrogens with one attached hydrogen (secondary N) is 1. The molecule has 0 fully saturated rings. The van der Waals surface area contributed by atoms with Crippen LogP contribution in [0.15, 0.2) is 35.4 Å². The Labute approximate surface area is 106 Å². The van der Waals surface area contributed by atoms with E-state index in [-0.39, 0.29) is 5.11 Å². The minimum Gasteiger partial charge on any atom is -0.375 e. The van der Waals surface area contributed by atoms with Crippen LogP contribution in [0, 0.1) is 0 Å². The lowest BCUT2D eigenvalue weighted by Gasteiger charge is -2.17. The maximum absolute atomic E-state index is 5.36. The van der Waals surface area contributed by atoms with E-state index in [9.17, 15) is 0 Å². The van der Waals surface area contributed by atoms with Crippen molar-refractivity contribution in [3.8, 4) is 0 Å². The van der Waals surface area contributed by atoms with Crippen molar-refractivity contribution in [3.05, 3.63) is 41.5 Å². The molecule has 3 N–H and O–H groups in total. The van der Waals surface area contributed by atoms with Crippen LogP contribution in [0.5, 0.6) is 0 Å². The van der Waals surface area contributed by atoms with Gasteiger partial charge in [-0.3, -0.25) is 5.43 Å². The van der Waals surface area contributed by atoms with Gasteiger partial charge >= 0.3 is 0 Å². The molecule has 0 aliphatic heterocycles. The molecular formula is C13H15N3S. The zero-order valence-electron chi connectivity index (χ0n) is 9.73. The molecule has 1 aliphatic rings. The van der Waals surface area contributed by atoms with E-state index >= 15 is 0 Å². The summed E-state index contributed by atoms with van der Waals surface area (Å²) in [5.41, 5.74) is 12.7. The van der Waals surface area contributed by atoms with Crippen LogP contribution in [0.25, 0.3) is 5.57 Å². The fourth-order valence-corrected chi connectivity index (χ4v) is 2.07. The first-order valence-electron chi connectivity index (χ1n) is 5.57. The van der Waals surface area contributed by atoms with E-state index in [1.807, 2.05) is 13.0 Å². The summed E-state index contributed by atoms with van der Waals surface area (Å²) in [5.74, 6) is 0. The zero-order chi connectivity index (χ0) is 12.3. The van der Waals surface area contributed by atoms with Crippen molar-refractivity contribution < 1.29 is 0 Å². The Morgan fingerprint density at radius 1 is 1.41 bits per heavy atom. The Hall–Kier alpha value is -1.68. The predicted molar refractivity (Wildman–Crippen MR) is 75.8 cm³/mol. The zero-order valence-corrected chi connectivity index (χ0v) is 10.6. The van der Waals surface area contributed by atoms with Crippen molar-refractivity contribution in [1.29, 1.82) is 0 Å². The number of nitrogens with two attached hydrogens (primary N) is 1. The van der Waals surface area contributed by atoms with Crippen molar-refractivity contribution in [3.63, 3.8) is 0 Å². The number of hydrogen-bond acceptors (Lipinski definition) is 2. The van der Waals surface area contributed by atoms with Gasteiger partial charge in [0.2, 0.25) is 0 Å². The summed E-state index contributed by atoms with van der Waals surface area (Å²) in [6.07, 6.45) is 4.35. The van der Waals surface area contributed by atoms with Crippen LogP contribution in [0.4, 0.5) is 0 Å². The number of benzene rings is 1. The third kappa shape index (κ3) is 2.71. The van der Waals surface area contributed by atoms with E-state index in [1.165, 1.54) is 11.1 Å². The molecule has 0 amide bonds. The highest BCUT2D eigenvalue weighted by molar-refractivity contribution is 7.80. The maximum Gasteiger partial charge on any atom is 0.184 e. The first kappa shape index (κ1) is 11.8. The molecule has 1 aliphatic carbocycles. The minimum absolute atomic E-state index is 0.189. The van der Waals surface area contributed by atoms with Gasteiger partial charge in [-0.15, -0.1) is 0 Å². The number of fused-ring (bicyclic) bond motifs is 1. The van der Waals surface area contributed by atoms with Gasteiger partial charge < -0.3 is 5.73 Å². The molecule has 0 radical (unpaired) electrons. The molecule has 0 saturated heterocycles. The Bertz CT molecular complexity index is 503. The van der Waals surface area contributed by atoms with E-state index in [4.69, 9.17) is 18.0 Å². The summed E-state index contributed by atoms with van der Waals surface area (Å²) in [7, 11) is 0. The van der Waals surface area contributed by atoms with Gasteiger partial charge in [-0.1, -0.05) is 30.3 Å². The van der Waals surface area contributed by atoms with Crippen LogP contribution in [0.2, 0.25) is 0 Å². The third-order valence-electron chi connectivity index (χ3n) is 2.79. The van der Waals surface area contributed by atoms with Crippen molar-refractivity contribution >= 4 is 28.6 Å². The lowest BCUT2D eigenvalue weighted by atomic mass is 9.89. The quantitative estimate of drug-likeness (QED) is 0.477. The fraction of sp³-hybridized carbons (Fsp3) is 0.231. The Balaban J connectivity index is 2.30. The molecule has 17 heavy (non-hydrogen) atoms. The number of allylic oxidation sites excluding steroid dienone is 2. The second-order valence-corrected chi connectivity index (χ2v) is 4.43. The van der Waals surface area contributed by atoms with Gasteiger partial charge in [0.1, 0.15) is 0 Å². The topological polar surface area (TPSA) is 50.4 Å². The number of hydrogen-bond donors (Lipinski definition) is 2. The van der Waals surface area contributed by atoms with Crippen LogP contribution in [-0.2, 0) is 6.42 Å². The van der Waals surface area contributed by atoms with E-state index < -0.39 is 0 Å². The first-order chi connectivity index (χ1) is 8.18. The smallest absolute Gasteiger partial charge is 0.184 e. The molecular weight excluding hydrogens is 230 g/mol. The molecule has 0 atom stereocenters. The number of hydrazone groups is 1. The Morgan fingerprint density at radius 3 is 2.94 bits per heavy atom. The maximum atomic E-state index is 5.36. The molecule has 1 aromatic rings. The molecule has 0 bridgehead atoms. The van der Waals surface area contributed by atoms with Crippen LogP contribution in [0.3, 0.4) is 0 Å². The lowest BCUT2D eigenvalue weighted by molar-refractivity contribution is 0.977. The largest absolute Gasteiger partial charge is 0.375 e. The Kier molecular flexibility index (Phi) is 3.54. The molecule has 0 saturated carbocycles. The molecule has 1 aromatic carbocycles. The minimum atomic E-state index is 0.189. The molecule has 88 valence electrons. The van der Waals surface area contributed by atoms with Gasteiger partial charge in [0.05, 0.1) is 5.71 Å². The molecule has 0 heterocycles. The van der Waals surface area contributed by atoms with Crippen molar-refractivity contribution in [1.82, 2.24) is 5.43 Å². The van der Waals surface area contributed by atoms with Gasteiger partial charge in [-0.25, -0.2) is 0 Å². The van der Waals surface area contributed by atoms with Crippen molar-refractivity contribution in [2.24, 2.45) is 10.8 Å². The Morgan fingerprint density at radius 2 is 2.18 bits per heavy atom. The van der Waals surface area contributed by atoms with Gasteiger partial charge in [0.15, 0.2) is 5.11 Å². The van der Waals surface area contributed by atoms with Crippen LogP contribution in [0.1, 0.15) is 24.5 Å². The second kappa shape index (κ2) is 5.10. The molecule has 4 heteroatoms. The lowest BCUT2D eigenvalue weighted by Crippen LogP contribution is -2.25. The van der Waals surface area contributed by atoms with Crippen molar-refractivity contribution in [2.45, 2.75) is 19.8 Å². The molecule has 3 nitrogen and oxygen atoms in total. The van der Waals surface area contributed by atoms with E-state index in [0.29, 0.717) is 0 Å².